The van der Waals surface area contributed by atoms with Crippen LogP contribution in [0.5, 0.6) is 0 Å². The molecule has 0 saturated carbocycles. The molecular formula is C4H6NS4+. The predicted molar refractivity (Wildman–Crippen MR) is 48.0 cm³/mol. The monoisotopic (exact) mass is 196 g/mol. The van der Waals surface area contributed by atoms with Gasteiger partial charge in [0.25, 0.3) is 0 Å². The van der Waals surface area contributed by atoms with Crippen LogP contribution >= 0.6 is 46.6 Å². The lowest BCUT2D eigenvalue weighted by Gasteiger charge is -1.79. The maximum absolute atomic E-state index is 4.11. The maximum Gasteiger partial charge on any atom is 0.236 e. The summed E-state index contributed by atoms with van der Waals surface area (Å²) in [7, 11) is 0. The lowest BCUT2D eigenvalue weighted by Crippen LogP contribution is -1.59. The fraction of sp³-hybridized carbons (Fsp3) is 0.500. The average molecular weight is 196 g/mol. The first-order chi connectivity index (χ1) is 4.38. The minimum atomic E-state index is 1.34. The van der Waals surface area contributed by atoms with Gasteiger partial charge in [-0.15, -0.1) is 0 Å². The van der Waals surface area contributed by atoms with Gasteiger partial charge in [0.1, 0.15) is 0 Å². The van der Waals surface area contributed by atoms with Gasteiger partial charge in [-0.1, -0.05) is 23.5 Å². The van der Waals surface area contributed by atoms with Gasteiger partial charge in [-0.3, -0.25) is 0 Å². The summed E-state index contributed by atoms with van der Waals surface area (Å²) in [6, 6.07) is 0. The van der Waals surface area contributed by atoms with Crippen molar-refractivity contribution in [2.75, 3.05) is 12.5 Å². The smallest absolute Gasteiger partial charge is 0.0886 e. The molecular weight excluding hydrogens is 190 g/mol. The van der Waals surface area contributed by atoms with E-state index in [9.17, 15) is 0 Å². The molecule has 1 nitrogen and oxygen atoms in total. The summed E-state index contributed by atoms with van der Waals surface area (Å²) in [6.45, 7) is 0. The Labute approximate surface area is 71.2 Å². The van der Waals surface area contributed by atoms with Crippen LogP contribution < -0.4 is 0 Å². The Morgan fingerprint density at radius 2 is 2.22 bits per heavy atom. The van der Waals surface area contributed by atoms with Gasteiger partial charge in [0.2, 0.25) is 31.5 Å². The maximum atomic E-state index is 4.11. The molecule has 9 heavy (non-hydrogen) atoms. The molecule has 50 valence electrons. The van der Waals surface area contributed by atoms with Gasteiger partial charge in [0, 0.05) is 0 Å². The van der Waals surface area contributed by atoms with Crippen LogP contribution in [0, 0.1) is 0 Å². The molecule has 0 radical (unpaired) electrons. The van der Waals surface area contributed by atoms with Gasteiger partial charge >= 0.3 is 0 Å². The first-order valence-corrected chi connectivity index (χ1v) is 6.24. The second-order valence-electron chi connectivity index (χ2n) is 1.24. The highest BCUT2D eigenvalue weighted by Gasteiger charge is 2.15. The van der Waals surface area contributed by atoms with Crippen LogP contribution in [0.2, 0.25) is 0 Å². The molecule has 0 bridgehead atoms. The van der Waals surface area contributed by atoms with Crippen molar-refractivity contribution in [3.8, 4) is 0 Å². The highest BCUT2D eigenvalue weighted by molar-refractivity contribution is 8.04. The van der Waals surface area contributed by atoms with Crippen LogP contribution in [0.1, 0.15) is 0 Å². The van der Waals surface area contributed by atoms with E-state index in [2.05, 4.69) is 16.3 Å². The van der Waals surface area contributed by atoms with Crippen molar-refractivity contribution in [2.45, 2.75) is 8.42 Å². The molecule has 0 aliphatic carbocycles. The summed E-state index contributed by atoms with van der Waals surface area (Å²) >= 11 is 6.71. The Balaban J connectivity index is 2.85. The summed E-state index contributed by atoms with van der Waals surface area (Å²) in [5.41, 5.74) is 0. The van der Waals surface area contributed by atoms with E-state index < -0.39 is 0 Å². The molecule has 1 aromatic heterocycles. The van der Waals surface area contributed by atoms with Gasteiger partial charge in [-0.25, -0.2) is 0 Å². The van der Waals surface area contributed by atoms with Crippen LogP contribution in [0.25, 0.3) is 0 Å². The molecule has 0 atom stereocenters. The first-order valence-electron chi connectivity index (χ1n) is 2.25. The van der Waals surface area contributed by atoms with Crippen molar-refractivity contribution in [3.63, 3.8) is 0 Å². The topological polar surface area (TPSA) is 12.9 Å². The number of thioether (sulfide) groups is 2. The highest BCUT2D eigenvalue weighted by atomic mass is 32.2. The van der Waals surface area contributed by atoms with E-state index in [-0.39, 0.29) is 0 Å². The van der Waals surface area contributed by atoms with E-state index >= 15 is 0 Å². The van der Waals surface area contributed by atoms with Crippen LogP contribution in [0.15, 0.2) is 8.42 Å². The molecule has 0 fully saturated rings. The van der Waals surface area contributed by atoms with Crippen molar-refractivity contribution in [1.82, 2.24) is 3.76 Å². The third-order valence-electron chi connectivity index (χ3n) is 0.778. The van der Waals surface area contributed by atoms with Crippen LogP contribution in [-0.4, -0.2) is 16.3 Å². The number of rotatable bonds is 2. The average Bonchev–Trinajstić information content (AvgIpc) is 2.33. The minimum absolute atomic E-state index is 1.34. The Morgan fingerprint density at radius 3 is 2.67 bits per heavy atom. The fourth-order valence-corrected chi connectivity index (χ4v) is 4.17. The molecule has 0 amide bonds. The molecule has 5 heteroatoms. The highest BCUT2D eigenvalue weighted by Crippen LogP contribution is 2.34. The fourth-order valence-electron chi connectivity index (χ4n) is 0.402. The standard InChI is InChI=1S/C4H6NS4/c1-6-3-4(7-2)9-5-8-3/h1-2H3/q+1. The Kier molecular flexibility index (Phi) is 3.25. The zero-order valence-electron chi connectivity index (χ0n) is 5.08. The molecule has 0 aliphatic heterocycles. The van der Waals surface area contributed by atoms with E-state index in [0.717, 1.165) is 0 Å². The van der Waals surface area contributed by atoms with Crippen molar-refractivity contribution in [1.29, 1.82) is 0 Å². The molecule has 0 N–H and O–H groups in total. The minimum Gasteiger partial charge on any atom is -0.0886 e. The van der Waals surface area contributed by atoms with E-state index in [0.29, 0.717) is 0 Å². The van der Waals surface area contributed by atoms with Gasteiger partial charge in [-0.05, 0) is 12.5 Å². The largest absolute Gasteiger partial charge is 0.236 e. The van der Waals surface area contributed by atoms with E-state index in [1.807, 2.05) is 0 Å². The summed E-state index contributed by atoms with van der Waals surface area (Å²) in [4.78, 5) is 0. The third kappa shape index (κ3) is 1.80. The summed E-state index contributed by atoms with van der Waals surface area (Å²) in [6.07, 6.45) is 4.17. The zero-order valence-corrected chi connectivity index (χ0v) is 8.35. The van der Waals surface area contributed by atoms with Crippen LogP contribution in [-0.2, 0) is 0 Å². The first kappa shape index (κ1) is 7.78. The van der Waals surface area contributed by atoms with Gasteiger partial charge in [0.15, 0.2) is 0 Å². The second kappa shape index (κ2) is 3.75. The quantitative estimate of drug-likeness (QED) is 0.533. The number of hydrogen-bond donors (Lipinski definition) is 0. The van der Waals surface area contributed by atoms with Crippen molar-refractivity contribution < 1.29 is 0 Å². The van der Waals surface area contributed by atoms with Gasteiger partial charge < -0.3 is 0 Å². The number of hydrogen-bond acceptors (Lipinski definition) is 4. The Morgan fingerprint density at radius 1 is 1.44 bits per heavy atom. The molecule has 1 heterocycles. The summed E-state index contributed by atoms with van der Waals surface area (Å²) in [5.74, 6) is 0. The lowest BCUT2D eigenvalue weighted by atomic mass is 11.1. The number of nitrogens with zero attached hydrogens (tertiary/aromatic N) is 1. The molecule has 0 aromatic carbocycles. The van der Waals surface area contributed by atoms with Crippen LogP contribution in [0.4, 0.5) is 0 Å². The zero-order chi connectivity index (χ0) is 6.69. The van der Waals surface area contributed by atoms with E-state index in [1.165, 1.54) is 8.42 Å². The SMILES string of the molecule is CSc1sn[s+]c1SC. The van der Waals surface area contributed by atoms with Crippen molar-refractivity contribution >= 4 is 46.6 Å². The summed E-state index contributed by atoms with van der Waals surface area (Å²) in [5, 5.41) is 0. The Hall–Kier alpha value is 0.680. The molecule has 0 unspecified atom stereocenters. The van der Waals surface area contributed by atoms with Crippen LogP contribution in [0.3, 0.4) is 0 Å². The normalized spacial score (nSPS) is 10.0. The number of aromatic nitrogens is 1. The molecule has 0 saturated heterocycles. The molecule has 1 rings (SSSR count). The predicted octanol–water partition coefficient (Wildman–Crippen LogP) is 2.93. The van der Waals surface area contributed by atoms with Gasteiger partial charge in [-0.2, -0.15) is 0 Å². The third-order valence-corrected chi connectivity index (χ3v) is 5.23. The summed E-state index contributed by atoms with van der Waals surface area (Å²) < 4.78 is 6.79. The molecule has 1 aromatic rings. The lowest BCUT2D eigenvalue weighted by molar-refractivity contribution is 1.54. The van der Waals surface area contributed by atoms with Crippen molar-refractivity contribution in [2.24, 2.45) is 0 Å². The molecule has 0 spiro atoms. The second-order valence-corrected chi connectivity index (χ2v) is 5.17. The van der Waals surface area contributed by atoms with E-state index in [1.54, 1.807) is 46.6 Å². The van der Waals surface area contributed by atoms with Crippen molar-refractivity contribution in [3.05, 3.63) is 0 Å². The molecule has 0 aliphatic rings. The van der Waals surface area contributed by atoms with Gasteiger partial charge in [0.05, 0.1) is 3.76 Å². The Bertz CT molecular complexity index is 166. The van der Waals surface area contributed by atoms with E-state index in [4.69, 9.17) is 0 Å².